The van der Waals surface area contributed by atoms with E-state index in [-0.39, 0.29) is 24.3 Å². The summed E-state index contributed by atoms with van der Waals surface area (Å²) in [7, 11) is 0. The summed E-state index contributed by atoms with van der Waals surface area (Å²) in [5, 5.41) is 0. The lowest BCUT2D eigenvalue weighted by Gasteiger charge is -2.21. The third-order valence-corrected chi connectivity index (χ3v) is 4.91. The highest BCUT2D eigenvalue weighted by Crippen LogP contribution is 2.30. The smallest absolute Gasteiger partial charge is 0.261 e. The molecular weight excluding hydrogens is 431 g/mol. The molecule has 5 nitrogen and oxygen atoms in total. The van der Waals surface area contributed by atoms with Crippen LogP contribution < -0.4 is 0 Å². The standard InChI is InChI=1S/C19H13IN2O3/c20-13-5-3-4-12(10-13)16(17-21-8-9-25-17)11-22-18(23)14-6-1-2-7-15(14)19(22)24/h1-10,16H,11H2. The SMILES string of the molecule is O=C1c2ccccc2C(=O)N1CC(c1cccc(I)c1)c1ncco1. The predicted octanol–water partition coefficient (Wildman–Crippen LogP) is 3.71. The molecule has 4 rings (SSSR count). The van der Waals surface area contributed by atoms with Crippen LogP contribution in [0.15, 0.2) is 65.4 Å². The molecule has 0 spiro atoms. The Kier molecular flexibility index (Phi) is 4.12. The van der Waals surface area contributed by atoms with Gasteiger partial charge in [0, 0.05) is 10.1 Å². The maximum absolute atomic E-state index is 12.7. The number of nitrogens with zero attached hydrogens (tertiary/aromatic N) is 2. The summed E-state index contributed by atoms with van der Waals surface area (Å²) in [6, 6.07) is 14.8. The molecule has 0 fully saturated rings. The van der Waals surface area contributed by atoms with E-state index >= 15 is 0 Å². The number of halogens is 1. The van der Waals surface area contributed by atoms with Crippen molar-refractivity contribution in [1.82, 2.24) is 9.88 Å². The third kappa shape index (κ3) is 2.86. The Morgan fingerprint density at radius 1 is 1.04 bits per heavy atom. The van der Waals surface area contributed by atoms with E-state index in [2.05, 4.69) is 27.6 Å². The van der Waals surface area contributed by atoms with Gasteiger partial charge in [0.15, 0.2) is 0 Å². The van der Waals surface area contributed by atoms with Gasteiger partial charge >= 0.3 is 0 Å². The molecule has 1 atom stereocenters. The Bertz CT molecular complexity index is 918. The van der Waals surface area contributed by atoms with Crippen LogP contribution in [-0.2, 0) is 0 Å². The highest BCUT2D eigenvalue weighted by atomic mass is 127. The van der Waals surface area contributed by atoms with Crippen molar-refractivity contribution in [3.05, 3.63) is 87.1 Å². The highest BCUT2D eigenvalue weighted by Gasteiger charge is 2.37. The largest absolute Gasteiger partial charge is 0.448 e. The number of amides is 2. The first-order valence-electron chi connectivity index (χ1n) is 7.75. The number of hydrogen-bond acceptors (Lipinski definition) is 4. The fourth-order valence-electron chi connectivity index (χ4n) is 3.04. The van der Waals surface area contributed by atoms with Crippen LogP contribution in [0.2, 0.25) is 0 Å². The molecule has 124 valence electrons. The fourth-order valence-corrected chi connectivity index (χ4v) is 3.61. The molecule has 6 heteroatoms. The fraction of sp³-hybridized carbons (Fsp3) is 0.105. The van der Waals surface area contributed by atoms with E-state index in [1.807, 2.05) is 24.3 Å². The van der Waals surface area contributed by atoms with Crippen molar-refractivity contribution in [3.63, 3.8) is 0 Å². The summed E-state index contributed by atoms with van der Waals surface area (Å²) < 4.78 is 6.55. The molecule has 2 amide bonds. The minimum absolute atomic E-state index is 0.187. The van der Waals surface area contributed by atoms with Gasteiger partial charge in [-0.3, -0.25) is 14.5 Å². The van der Waals surface area contributed by atoms with Crippen molar-refractivity contribution in [2.24, 2.45) is 0 Å². The minimum atomic E-state index is -0.313. The summed E-state index contributed by atoms with van der Waals surface area (Å²) in [5.41, 5.74) is 1.84. The van der Waals surface area contributed by atoms with Crippen LogP contribution in [0.25, 0.3) is 0 Å². The zero-order valence-corrected chi connectivity index (χ0v) is 15.2. The average molecular weight is 444 g/mol. The molecule has 0 saturated carbocycles. The molecule has 2 heterocycles. The van der Waals surface area contributed by atoms with Gasteiger partial charge in [0.1, 0.15) is 6.26 Å². The van der Waals surface area contributed by atoms with Gasteiger partial charge in [-0.15, -0.1) is 0 Å². The first-order valence-corrected chi connectivity index (χ1v) is 8.83. The number of oxazole rings is 1. The Labute approximate surface area is 157 Å². The summed E-state index contributed by atoms with van der Waals surface area (Å²) in [5.74, 6) is -0.379. The van der Waals surface area contributed by atoms with Crippen LogP contribution >= 0.6 is 22.6 Å². The van der Waals surface area contributed by atoms with Crippen molar-refractivity contribution in [1.29, 1.82) is 0 Å². The lowest BCUT2D eigenvalue weighted by Crippen LogP contribution is -2.34. The highest BCUT2D eigenvalue weighted by molar-refractivity contribution is 14.1. The van der Waals surface area contributed by atoms with Gasteiger partial charge in [-0.25, -0.2) is 4.98 Å². The molecule has 1 unspecified atom stereocenters. The normalized spacial score (nSPS) is 14.7. The number of aromatic nitrogens is 1. The Balaban J connectivity index is 1.71. The first-order chi connectivity index (χ1) is 12.1. The van der Waals surface area contributed by atoms with E-state index in [0.29, 0.717) is 17.0 Å². The second-order valence-corrected chi connectivity index (χ2v) is 6.99. The van der Waals surface area contributed by atoms with Crippen LogP contribution in [-0.4, -0.2) is 28.2 Å². The number of benzene rings is 2. The third-order valence-electron chi connectivity index (χ3n) is 4.24. The van der Waals surface area contributed by atoms with E-state index in [1.165, 1.54) is 11.2 Å². The second-order valence-electron chi connectivity index (χ2n) is 5.74. The van der Waals surface area contributed by atoms with E-state index in [0.717, 1.165) is 9.13 Å². The van der Waals surface area contributed by atoms with Gasteiger partial charge in [0.25, 0.3) is 11.8 Å². The zero-order chi connectivity index (χ0) is 17.4. The number of hydrogen-bond donors (Lipinski definition) is 0. The molecule has 25 heavy (non-hydrogen) atoms. The Hall–Kier alpha value is -2.48. The maximum Gasteiger partial charge on any atom is 0.261 e. The molecular formula is C19H13IN2O3. The molecule has 0 aliphatic carbocycles. The minimum Gasteiger partial charge on any atom is -0.448 e. The molecule has 1 aliphatic rings. The van der Waals surface area contributed by atoms with Crippen LogP contribution in [0, 0.1) is 3.57 Å². The molecule has 1 aromatic heterocycles. The average Bonchev–Trinajstić information content (AvgIpc) is 3.22. The molecule has 3 aromatic rings. The topological polar surface area (TPSA) is 63.4 Å². The lowest BCUT2D eigenvalue weighted by molar-refractivity contribution is 0.0646. The van der Waals surface area contributed by atoms with Gasteiger partial charge in [0.05, 0.1) is 23.2 Å². The quantitative estimate of drug-likeness (QED) is 0.455. The molecule has 0 bridgehead atoms. The molecule has 0 radical (unpaired) electrons. The van der Waals surface area contributed by atoms with Crippen molar-refractivity contribution in [3.8, 4) is 0 Å². The van der Waals surface area contributed by atoms with Gasteiger partial charge < -0.3 is 4.42 Å². The zero-order valence-electron chi connectivity index (χ0n) is 13.1. The van der Waals surface area contributed by atoms with E-state index < -0.39 is 0 Å². The lowest BCUT2D eigenvalue weighted by atomic mass is 9.98. The van der Waals surface area contributed by atoms with Gasteiger partial charge in [-0.2, -0.15) is 0 Å². The van der Waals surface area contributed by atoms with Gasteiger partial charge in [-0.1, -0.05) is 24.3 Å². The van der Waals surface area contributed by atoms with Gasteiger partial charge in [0.2, 0.25) is 5.89 Å². The number of imide groups is 1. The number of fused-ring (bicyclic) bond motifs is 1. The summed E-state index contributed by atoms with van der Waals surface area (Å²) in [6.45, 7) is 0.187. The van der Waals surface area contributed by atoms with Gasteiger partial charge in [-0.05, 0) is 52.4 Å². The number of carbonyl (C=O) groups is 2. The van der Waals surface area contributed by atoms with Crippen molar-refractivity contribution in [2.75, 3.05) is 6.54 Å². The van der Waals surface area contributed by atoms with Crippen LogP contribution in [0.1, 0.15) is 38.1 Å². The molecule has 0 saturated heterocycles. The number of carbonyl (C=O) groups excluding carboxylic acids is 2. The predicted molar refractivity (Wildman–Crippen MR) is 99.3 cm³/mol. The molecule has 1 aliphatic heterocycles. The first kappa shape index (κ1) is 16.0. The molecule has 0 N–H and O–H groups in total. The van der Waals surface area contributed by atoms with Crippen LogP contribution in [0.3, 0.4) is 0 Å². The van der Waals surface area contributed by atoms with Crippen molar-refractivity contribution >= 4 is 34.4 Å². The Morgan fingerprint density at radius 3 is 2.36 bits per heavy atom. The van der Waals surface area contributed by atoms with Crippen LogP contribution in [0.5, 0.6) is 0 Å². The van der Waals surface area contributed by atoms with E-state index in [1.54, 1.807) is 30.5 Å². The van der Waals surface area contributed by atoms with Crippen LogP contribution in [0.4, 0.5) is 0 Å². The second kappa shape index (κ2) is 6.44. The van der Waals surface area contributed by atoms with Crippen molar-refractivity contribution in [2.45, 2.75) is 5.92 Å². The van der Waals surface area contributed by atoms with E-state index in [9.17, 15) is 9.59 Å². The Morgan fingerprint density at radius 2 is 1.76 bits per heavy atom. The maximum atomic E-state index is 12.7. The summed E-state index contributed by atoms with van der Waals surface area (Å²) in [6.07, 6.45) is 3.07. The summed E-state index contributed by atoms with van der Waals surface area (Å²) >= 11 is 2.23. The number of rotatable bonds is 4. The molecule has 2 aromatic carbocycles. The monoisotopic (exact) mass is 444 g/mol. The van der Waals surface area contributed by atoms with Crippen molar-refractivity contribution < 1.29 is 14.0 Å². The summed E-state index contributed by atoms with van der Waals surface area (Å²) in [4.78, 5) is 30.8. The van der Waals surface area contributed by atoms with E-state index in [4.69, 9.17) is 4.42 Å².